The number of anilines is 2. The van der Waals surface area contributed by atoms with Crippen LogP contribution >= 0.6 is 15.9 Å². The molecule has 1 aliphatic rings. The van der Waals surface area contributed by atoms with Crippen LogP contribution in [0.1, 0.15) is 18.6 Å². The molecular formula is C14H18BrN3O3. The van der Waals surface area contributed by atoms with Gasteiger partial charge in [0.1, 0.15) is 0 Å². The Bertz CT molecular complexity index is 591. The number of nitrogens with one attached hydrogen (secondary N) is 2. The summed E-state index contributed by atoms with van der Waals surface area (Å²) in [4.78, 5) is 25.0. The predicted octanol–water partition coefficient (Wildman–Crippen LogP) is 1.25. The monoisotopic (exact) mass is 355 g/mol. The van der Waals surface area contributed by atoms with E-state index in [2.05, 4.69) is 26.6 Å². The van der Waals surface area contributed by atoms with E-state index in [0.29, 0.717) is 17.8 Å². The van der Waals surface area contributed by atoms with Gasteiger partial charge in [0.2, 0.25) is 5.91 Å². The zero-order valence-electron chi connectivity index (χ0n) is 12.1. The first-order valence-corrected chi connectivity index (χ1v) is 7.39. The van der Waals surface area contributed by atoms with Crippen molar-refractivity contribution in [3.05, 3.63) is 22.2 Å². The first kappa shape index (κ1) is 15.8. The molecule has 0 bridgehead atoms. The van der Waals surface area contributed by atoms with Gasteiger partial charge in [-0.3, -0.25) is 9.59 Å². The molecule has 1 aromatic rings. The smallest absolute Gasteiger partial charge is 0.257 e. The molecule has 7 heteroatoms. The van der Waals surface area contributed by atoms with E-state index < -0.39 is 12.0 Å². The lowest BCUT2D eigenvalue weighted by atomic mass is 10.1. The van der Waals surface area contributed by atoms with Crippen molar-refractivity contribution < 1.29 is 14.7 Å². The fourth-order valence-corrected chi connectivity index (χ4v) is 3.05. The summed E-state index contributed by atoms with van der Waals surface area (Å²) in [5.74, 6) is -0.612. The minimum atomic E-state index is -1.12. The Morgan fingerprint density at radius 1 is 1.57 bits per heavy atom. The lowest BCUT2D eigenvalue weighted by Gasteiger charge is -2.24. The highest BCUT2D eigenvalue weighted by atomic mass is 79.9. The van der Waals surface area contributed by atoms with Gasteiger partial charge in [-0.1, -0.05) is 6.92 Å². The molecule has 0 radical (unpaired) electrons. The van der Waals surface area contributed by atoms with Gasteiger partial charge in [-0.25, -0.2) is 0 Å². The van der Waals surface area contributed by atoms with E-state index in [0.717, 1.165) is 10.2 Å². The Hall–Kier alpha value is -1.60. The highest BCUT2D eigenvalue weighted by molar-refractivity contribution is 9.10. The van der Waals surface area contributed by atoms with Crippen LogP contribution in [0.2, 0.25) is 0 Å². The van der Waals surface area contributed by atoms with Crippen LogP contribution < -0.4 is 15.5 Å². The number of hydrogen-bond acceptors (Lipinski definition) is 4. The number of aliphatic hydroxyl groups is 1. The summed E-state index contributed by atoms with van der Waals surface area (Å²) < 4.78 is 0.767. The van der Waals surface area contributed by atoms with E-state index in [1.807, 2.05) is 18.9 Å². The molecule has 114 valence electrons. The van der Waals surface area contributed by atoms with Crippen molar-refractivity contribution in [1.82, 2.24) is 5.32 Å². The molecule has 1 aromatic carbocycles. The number of nitrogens with zero attached hydrogens (tertiary/aromatic N) is 1. The Balaban J connectivity index is 2.23. The number of benzene rings is 1. The fraction of sp³-hybridized carbons (Fsp3) is 0.429. The summed E-state index contributed by atoms with van der Waals surface area (Å²) in [5, 5.41) is 15.0. The lowest BCUT2D eigenvalue weighted by Crippen LogP contribution is -2.34. The number of carbonyl (C=O) groups is 2. The molecule has 0 saturated heterocycles. The van der Waals surface area contributed by atoms with Crippen molar-refractivity contribution in [1.29, 1.82) is 0 Å². The van der Waals surface area contributed by atoms with E-state index in [1.165, 1.54) is 0 Å². The Morgan fingerprint density at radius 3 is 2.86 bits per heavy atom. The number of rotatable bonds is 4. The SMILES string of the molecule is CNC(=O)C(C)CN(C)c1cc2c(cc1Br)C(O)C(=O)N2. The van der Waals surface area contributed by atoms with Crippen LogP contribution in [0.3, 0.4) is 0 Å². The second-order valence-corrected chi connectivity index (χ2v) is 6.03. The van der Waals surface area contributed by atoms with Crippen molar-refractivity contribution in [2.24, 2.45) is 5.92 Å². The summed E-state index contributed by atoms with van der Waals surface area (Å²) in [6, 6.07) is 3.53. The van der Waals surface area contributed by atoms with Crippen molar-refractivity contribution in [2.45, 2.75) is 13.0 Å². The normalized spacial score (nSPS) is 18.0. The van der Waals surface area contributed by atoms with E-state index in [-0.39, 0.29) is 11.8 Å². The van der Waals surface area contributed by atoms with Gasteiger partial charge in [0.25, 0.3) is 5.91 Å². The molecule has 1 heterocycles. The van der Waals surface area contributed by atoms with Crippen molar-refractivity contribution in [2.75, 3.05) is 30.9 Å². The van der Waals surface area contributed by atoms with Gasteiger partial charge < -0.3 is 20.6 Å². The number of carbonyl (C=O) groups excluding carboxylic acids is 2. The maximum atomic E-state index is 11.6. The Labute approximate surface area is 131 Å². The molecular weight excluding hydrogens is 338 g/mol. The number of halogens is 1. The number of fused-ring (bicyclic) bond motifs is 1. The van der Waals surface area contributed by atoms with Crippen LogP contribution in [0.15, 0.2) is 16.6 Å². The minimum Gasteiger partial charge on any atom is -0.378 e. The molecule has 1 aliphatic heterocycles. The van der Waals surface area contributed by atoms with Gasteiger partial charge in [0.05, 0.1) is 11.6 Å². The van der Waals surface area contributed by atoms with Crippen molar-refractivity contribution in [3.8, 4) is 0 Å². The topological polar surface area (TPSA) is 81.7 Å². The highest BCUT2D eigenvalue weighted by Gasteiger charge is 2.30. The van der Waals surface area contributed by atoms with Crippen molar-refractivity contribution >= 4 is 39.1 Å². The molecule has 6 nitrogen and oxygen atoms in total. The maximum absolute atomic E-state index is 11.6. The first-order chi connectivity index (χ1) is 9.85. The molecule has 21 heavy (non-hydrogen) atoms. The third kappa shape index (κ3) is 3.03. The summed E-state index contributed by atoms with van der Waals surface area (Å²) >= 11 is 3.45. The summed E-state index contributed by atoms with van der Waals surface area (Å²) in [6.45, 7) is 2.38. The largest absolute Gasteiger partial charge is 0.378 e. The van der Waals surface area contributed by atoms with E-state index in [4.69, 9.17) is 0 Å². The number of hydrogen-bond donors (Lipinski definition) is 3. The Morgan fingerprint density at radius 2 is 2.24 bits per heavy atom. The average molecular weight is 356 g/mol. The van der Waals surface area contributed by atoms with Crippen LogP contribution in [0.25, 0.3) is 0 Å². The summed E-state index contributed by atoms with van der Waals surface area (Å²) in [6.07, 6.45) is -1.12. The van der Waals surface area contributed by atoms with Gasteiger partial charge in [-0.05, 0) is 28.1 Å². The zero-order valence-corrected chi connectivity index (χ0v) is 13.7. The van der Waals surface area contributed by atoms with Crippen LogP contribution in [-0.2, 0) is 9.59 Å². The van der Waals surface area contributed by atoms with E-state index in [9.17, 15) is 14.7 Å². The van der Waals surface area contributed by atoms with Gasteiger partial charge in [0, 0.05) is 36.4 Å². The van der Waals surface area contributed by atoms with E-state index in [1.54, 1.807) is 19.2 Å². The number of aliphatic hydroxyl groups excluding tert-OH is 1. The zero-order chi connectivity index (χ0) is 15.7. The maximum Gasteiger partial charge on any atom is 0.257 e. The van der Waals surface area contributed by atoms with Crippen LogP contribution in [0.4, 0.5) is 11.4 Å². The summed E-state index contributed by atoms with van der Waals surface area (Å²) in [5.41, 5.74) is 2.01. The predicted molar refractivity (Wildman–Crippen MR) is 84.2 cm³/mol. The van der Waals surface area contributed by atoms with Crippen LogP contribution in [-0.4, -0.2) is 37.6 Å². The van der Waals surface area contributed by atoms with E-state index >= 15 is 0 Å². The lowest BCUT2D eigenvalue weighted by molar-refractivity contribution is -0.124. The van der Waals surface area contributed by atoms with Gasteiger partial charge >= 0.3 is 0 Å². The van der Waals surface area contributed by atoms with Crippen LogP contribution in [0.5, 0.6) is 0 Å². The molecule has 2 amide bonds. The molecule has 0 aromatic heterocycles. The molecule has 3 N–H and O–H groups in total. The second-order valence-electron chi connectivity index (χ2n) is 5.18. The van der Waals surface area contributed by atoms with Crippen molar-refractivity contribution in [3.63, 3.8) is 0 Å². The molecule has 2 rings (SSSR count). The van der Waals surface area contributed by atoms with Gasteiger partial charge in [-0.15, -0.1) is 0 Å². The third-order valence-corrected chi connectivity index (χ3v) is 4.21. The molecule has 0 aliphatic carbocycles. The molecule has 2 atom stereocenters. The Kier molecular flexibility index (Phi) is 4.53. The highest BCUT2D eigenvalue weighted by Crippen LogP contribution is 2.38. The average Bonchev–Trinajstić information content (AvgIpc) is 2.72. The standard InChI is InChI=1S/C14H18BrN3O3/c1-7(13(20)16-2)6-18(3)11-5-10-8(4-9(11)15)12(19)14(21)17-10/h4-5,7,12,19H,6H2,1-3H3,(H,16,20)(H,17,21). The molecule has 0 spiro atoms. The minimum absolute atomic E-state index is 0.0251. The van der Waals surface area contributed by atoms with Gasteiger partial charge in [0.15, 0.2) is 6.10 Å². The third-order valence-electron chi connectivity index (χ3n) is 3.57. The second kappa shape index (κ2) is 6.03. The molecule has 0 saturated carbocycles. The van der Waals surface area contributed by atoms with Crippen LogP contribution in [0, 0.1) is 5.92 Å². The first-order valence-electron chi connectivity index (χ1n) is 6.60. The quantitative estimate of drug-likeness (QED) is 0.759. The molecule has 0 fully saturated rings. The summed E-state index contributed by atoms with van der Waals surface area (Å²) in [7, 11) is 3.49. The van der Waals surface area contributed by atoms with Gasteiger partial charge in [-0.2, -0.15) is 0 Å². The fourth-order valence-electron chi connectivity index (χ4n) is 2.38. The molecule has 2 unspecified atom stereocenters. The number of amides is 2.